The van der Waals surface area contributed by atoms with Crippen LogP contribution in [0.3, 0.4) is 0 Å². The monoisotopic (exact) mass is 245 g/mol. The number of ether oxygens (including phenoxy) is 1. The van der Waals surface area contributed by atoms with Crippen LogP contribution in [0.15, 0.2) is 18.2 Å². The fourth-order valence-electron chi connectivity index (χ4n) is 3.08. The van der Waals surface area contributed by atoms with Gasteiger partial charge in [-0.15, -0.1) is 0 Å². The molecule has 2 aliphatic rings. The lowest BCUT2D eigenvalue weighted by Gasteiger charge is -2.38. The number of hydrogen-bond donors (Lipinski definition) is 1. The summed E-state index contributed by atoms with van der Waals surface area (Å²) in [6.07, 6.45) is 3.81. The van der Waals surface area contributed by atoms with E-state index >= 15 is 0 Å². The predicted octanol–water partition coefficient (Wildman–Crippen LogP) is 3.11. The van der Waals surface area contributed by atoms with Gasteiger partial charge >= 0.3 is 0 Å². The molecule has 0 spiro atoms. The van der Waals surface area contributed by atoms with E-state index in [0.29, 0.717) is 6.04 Å². The SMILES string of the molecule is CC(C)NCC1CCC1c1ccc2c(c1)CCO2. The molecule has 0 amide bonds. The highest BCUT2D eigenvalue weighted by Gasteiger charge is 2.32. The first-order chi connectivity index (χ1) is 8.74. The van der Waals surface area contributed by atoms with Gasteiger partial charge in [0.15, 0.2) is 0 Å². The highest BCUT2D eigenvalue weighted by atomic mass is 16.5. The van der Waals surface area contributed by atoms with Crippen molar-refractivity contribution in [3.63, 3.8) is 0 Å². The van der Waals surface area contributed by atoms with Gasteiger partial charge in [-0.05, 0) is 48.4 Å². The van der Waals surface area contributed by atoms with Crippen molar-refractivity contribution in [2.24, 2.45) is 5.92 Å². The average molecular weight is 245 g/mol. The van der Waals surface area contributed by atoms with Crippen molar-refractivity contribution >= 4 is 0 Å². The van der Waals surface area contributed by atoms with Crippen LogP contribution in [0.1, 0.15) is 43.7 Å². The van der Waals surface area contributed by atoms with E-state index < -0.39 is 0 Å². The summed E-state index contributed by atoms with van der Waals surface area (Å²) in [4.78, 5) is 0. The zero-order valence-corrected chi connectivity index (χ0v) is 11.4. The lowest BCUT2D eigenvalue weighted by atomic mass is 9.69. The summed E-state index contributed by atoms with van der Waals surface area (Å²) in [5, 5.41) is 3.57. The standard InChI is InChI=1S/C16H23NO/c1-11(2)17-10-14-3-5-15(14)12-4-6-16-13(9-12)7-8-18-16/h4,6,9,11,14-15,17H,3,5,7-8,10H2,1-2H3. The molecule has 3 rings (SSSR count). The van der Waals surface area contributed by atoms with Crippen molar-refractivity contribution < 1.29 is 4.74 Å². The maximum atomic E-state index is 5.58. The van der Waals surface area contributed by atoms with Crippen molar-refractivity contribution in [1.82, 2.24) is 5.32 Å². The third kappa shape index (κ3) is 2.26. The minimum Gasteiger partial charge on any atom is -0.493 e. The Labute approximate surface area is 110 Å². The van der Waals surface area contributed by atoms with Gasteiger partial charge in [0.25, 0.3) is 0 Å². The van der Waals surface area contributed by atoms with Gasteiger partial charge in [0, 0.05) is 12.5 Å². The summed E-state index contributed by atoms with van der Waals surface area (Å²) in [5.41, 5.74) is 2.94. The molecule has 2 unspecified atom stereocenters. The largest absolute Gasteiger partial charge is 0.493 e. The van der Waals surface area contributed by atoms with Crippen molar-refractivity contribution in [2.45, 2.75) is 45.1 Å². The molecule has 1 aromatic rings. The lowest BCUT2D eigenvalue weighted by Crippen LogP contribution is -2.36. The van der Waals surface area contributed by atoms with Gasteiger partial charge in [0.2, 0.25) is 0 Å². The number of benzene rings is 1. The summed E-state index contributed by atoms with van der Waals surface area (Å²) in [5.74, 6) is 2.70. The van der Waals surface area contributed by atoms with Gasteiger partial charge < -0.3 is 10.1 Å². The van der Waals surface area contributed by atoms with E-state index in [-0.39, 0.29) is 0 Å². The summed E-state index contributed by atoms with van der Waals surface area (Å²) in [6, 6.07) is 7.42. The molecular weight excluding hydrogens is 222 g/mol. The van der Waals surface area contributed by atoms with Crippen molar-refractivity contribution in [1.29, 1.82) is 0 Å². The van der Waals surface area contributed by atoms with E-state index in [1.54, 1.807) is 0 Å². The molecular formula is C16H23NO. The van der Waals surface area contributed by atoms with Crippen LogP contribution in [0.25, 0.3) is 0 Å². The molecule has 1 fully saturated rings. The highest BCUT2D eigenvalue weighted by Crippen LogP contribution is 2.43. The Balaban J connectivity index is 1.67. The van der Waals surface area contributed by atoms with Crippen LogP contribution in [0, 0.1) is 5.92 Å². The van der Waals surface area contributed by atoms with E-state index in [2.05, 4.69) is 37.4 Å². The minimum atomic E-state index is 0.597. The van der Waals surface area contributed by atoms with Gasteiger partial charge in [-0.25, -0.2) is 0 Å². The second kappa shape index (κ2) is 4.93. The first kappa shape index (κ1) is 12.0. The van der Waals surface area contributed by atoms with E-state index in [4.69, 9.17) is 4.74 Å². The topological polar surface area (TPSA) is 21.3 Å². The molecule has 1 heterocycles. The lowest BCUT2D eigenvalue weighted by molar-refractivity contribution is 0.240. The maximum absolute atomic E-state index is 5.58. The maximum Gasteiger partial charge on any atom is 0.122 e. The molecule has 1 saturated carbocycles. The summed E-state index contributed by atoms with van der Waals surface area (Å²) < 4.78 is 5.58. The average Bonchev–Trinajstić information content (AvgIpc) is 2.74. The van der Waals surface area contributed by atoms with Crippen LogP contribution in [-0.2, 0) is 6.42 Å². The van der Waals surface area contributed by atoms with Crippen LogP contribution in [0.5, 0.6) is 5.75 Å². The molecule has 0 aromatic heterocycles. The Morgan fingerprint density at radius 3 is 2.94 bits per heavy atom. The van der Waals surface area contributed by atoms with E-state index in [1.165, 1.54) is 24.0 Å². The van der Waals surface area contributed by atoms with Crippen molar-refractivity contribution in [3.05, 3.63) is 29.3 Å². The van der Waals surface area contributed by atoms with E-state index in [1.807, 2.05) is 0 Å². The third-order valence-corrected chi connectivity index (χ3v) is 4.35. The Kier molecular flexibility index (Phi) is 3.29. The molecule has 0 radical (unpaired) electrons. The van der Waals surface area contributed by atoms with Crippen LogP contribution < -0.4 is 10.1 Å². The Morgan fingerprint density at radius 2 is 2.22 bits per heavy atom. The minimum absolute atomic E-state index is 0.597. The first-order valence-electron chi connectivity index (χ1n) is 7.23. The van der Waals surface area contributed by atoms with Gasteiger partial charge in [-0.1, -0.05) is 26.0 Å². The molecule has 18 heavy (non-hydrogen) atoms. The summed E-state index contributed by atoms with van der Waals surface area (Å²) >= 11 is 0. The van der Waals surface area contributed by atoms with E-state index in [0.717, 1.165) is 37.2 Å². The second-order valence-corrected chi connectivity index (χ2v) is 5.97. The molecule has 1 N–H and O–H groups in total. The van der Waals surface area contributed by atoms with Gasteiger partial charge in [-0.3, -0.25) is 0 Å². The third-order valence-electron chi connectivity index (χ3n) is 4.35. The molecule has 2 atom stereocenters. The normalized spacial score (nSPS) is 25.7. The Hall–Kier alpha value is -1.02. The molecule has 1 aliphatic carbocycles. The molecule has 1 aliphatic heterocycles. The van der Waals surface area contributed by atoms with Crippen molar-refractivity contribution in [2.75, 3.05) is 13.2 Å². The molecule has 0 bridgehead atoms. The van der Waals surface area contributed by atoms with E-state index in [9.17, 15) is 0 Å². The zero-order chi connectivity index (χ0) is 12.5. The summed E-state index contributed by atoms with van der Waals surface area (Å²) in [7, 11) is 0. The van der Waals surface area contributed by atoms with Gasteiger partial charge in [0.05, 0.1) is 6.61 Å². The van der Waals surface area contributed by atoms with Crippen LogP contribution in [-0.4, -0.2) is 19.2 Å². The van der Waals surface area contributed by atoms with Gasteiger partial charge in [-0.2, -0.15) is 0 Å². The van der Waals surface area contributed by atoms with Crippen LogP contribution in [0.4, 0.5) is 0 Å². The predicted molar refractivity (Wildman–Crippen MR) is 74.2 cm³/mol. The number of nitrogens with one attached hydrogen (secondary N) is 1. The van der Waals surface area contributed by atoms with Crippen LogP contribution >= 0.6 is 0 Å². The molecule has 0 saturated heterocycles. The quantitative estimate of drug-likeness (QED) is 0.880. The summed E-state index contributed by atoms with van der Waals surface area (Å²) in [6.45, 7) is 6.47. The highest BCUT2D eigenvalue weighted by molar-refractivity contribution is 5.41. The molecule has 2 nitrogen and oxygen atoms in total. The fraction of sp³-hybridized carbons (Fsp3) is 0.625. The van der Waals surface area contributed by atoms with Crippen LogP contribution in [0.2, 0.25) is 0 Å². The Bertz CT molecular complexity index is 427. The first-order valence-corrected chi connectivity index (χ1v) is 7.23. The fourth-order valence-corrected chi connectivity index (χ4v) is 3.08. The number of fused-ring (bicyclic) bond motifs is 1. The smallest absolute Gasteiger partial charge is 0.122 e. The molecule has 2 heteroatoms. The number of rotatable bonds is 4. The second-order valence-electron chi connectivity index (χ2n) is 5.97. The number of hydrogen-bond acceptors (Lipinski definition) is 2. The van der Waals surface area contributed by atoms with Gasteiger partial charge in [0.1, 0.15) is 5.75 Å². The van der Waals surface area contributed by atoms with Crippen molar-refractivity contribution in [3.8, 4) is 5.75 Å². The zero-order valence-electron chi connectivity index (χ0n) is 11.4. The Morgan fingerprint density at radius 1 is 1.33 bits per heavy atom. The molecule has 98 valence electrons. The molecule has 1 aromatic carbocycles.